The van der Waals surface area contributed by atoms with Crippen molar-refractivity contribution in [3.05, 3.63) is 34.9 Å². The average Bonchev–Trinajstić information content (AvgIpc) is 2.89. The number of aryl methyl sites for hydroxylation is 4. The lowest BCUT2D eigenvalue weighted by atomic mass is 10.2. The van der Waals surface area contributed by atoms with Crippen molar-refractivity contribution in [2.24, 2.45) is 7.05 Å². The molecule has 2 heterocycles. The van der Waals surface area contributed by atoms with Crippen LogP contribution in [0.4, 0.5) is 0 Å². The maximum Gasteiger partial charge on any atom is 0.222 e. The Labute approximate surface area is 118 Å². The fraction of sp³-hybridized carbons (Fsp3) is 0.500. The van der Waals surface area contributed by atoms with E-state index >= 15 is 0 Å². The molecule has 0 bridgehead atoms. The van der Waals surface area contributed by atoms with Crippen molar-refractivity contribution in [2.75, 3.05) is 0 Å². The van der Waals surface area contributed by atoms with Crippen LogP contribution in [-0.2, 0) is 24.9 Å². The molecule has 0 aliphatic rings. The molecule has 0 unspecified atom stereocenters. The Hall–Kier alpha value is -2.11. The average molecular weight is 275 g/mol. The number of amides is 1. The Morgan fingerprint density at radius 1 is 1.35 bits per heavy atom. The molecule has 6 heteroatoms. The van der Waals surface area contributed by atoms with E-state index in [2.05, 4.69) is 15.5 Å². The molecule has 1 N–H and O–H groups in total. The number of nitrogens with zero attached hydrogens (tertiary/aromatic N) is 4. The molecule has 0 radical (unpaired) electrons. The van der Waals surface area contributed by atoms with Crippen molar-refractivity contribution in [1.29, 1.82) is 0 Å². The molecular weight excluding hydrogens is 254 g/mol. The highest BCUT2D eigenvalue weighted by Crippen LogP contribution is 2.05. The monoisotopic (exact) mass is 275 g/mol. The normalized spacial score (nSPS) is 10.8. The molecule has 6 nitrogen and oxygen atoms in total. The Morgan fingerprint density at radius 2 is 2.10 bits per heavy atom. The van der Waals surface area contributed by atoms with Gasteiger partial charge in [0.1, 0.15) is 0 Å². The van der Waals surface area contributed by atoms with Gasteiger partial charge in [0.05, 0.1) is 11.9 Å². The summed E-state index contributed by atoms with van der Waals surface area (Å²) >= 11 is 0. The van der Waals surface area contributed by atoms with Gasteiger partial charge in [0.25, 0.3) is 0 Å². The minimum atomic E-state index is 0.0285. The number of rotatable bonds is 5. The van der Waals surface area contributed by atoms with Gasteiger partial charge in [-0.05, 0) is 26.8 Å². The molecule has 2 aromatic rings. The minimum absolute atomic E-state index is 0.0285. The molecule has 0 saturated heterocycles. The highest BCUT2D eigenvalue weighted by Gasteiger charge is 2.07. The molecule has 20 heavy (non-hydrogen) atoms. The summed E-state index contributed by atoms with van der Waals surface area (Å²) in [6, 6.07) is 2.01. The summed E-state index contributed by atoms with van der Waals surface area (Å²) in [5.74, 6) is 0.0285. The van der Waals surface area contributed by atoms with E-state index in [1.807, 2.05) is 38.6 Å². The quantitative estimate of drug-likeness (QED) is 0.893. The maximum absolute atomic E-state index is 11.8. The first-order chi connectivity index (χ1) is 9.47. The van der Waals surface area contributed by atoms with Crippen LogP contribution in [0.1, 0.15) is 29.1 Å². The summed E-state index contributed by atoms with van der Waals surface area (Å²) < 4.78 is 3.67. The predicted molar refractivity (Wildman–Crippen MR) is 76.1 cm³/mol. The van der Waals surface area contributed by atoms with Crippen molar-refractivity contribution in [3.8, 4) is 0 Å². The second-order valence-electron chi connectivity index (χ2n) is 5.06. The first kappa shape index (κ1) is 14.3. The number of carbonyl (C=O) groups excluding carboxylic acids is 1. The largest absolute Gasteiger partial charge is 0.352 e. The molecule has 0 aromatic carbocycles. The van der Waals surface area contributed by atoms with Crippen molar-refractivity contribution >= 4 is 5.91 Å². The molecule has 0 fully saturated rings. The molecule has 0 aliphatic carbocycles. The number of carbonyl (C=O) groups is 1. The lowest BCUT2D eigenvalue weighted by molar-refractivity contribution is -0.121. The first-order valence-electron chi connectivity index (χ1n) is 6.72. The highest BCUT2D eigenvalue weighted by molar-refractivity contribution is 5.75. The summed E-state index contributed by atoms with van der Waals surface area (Å²) in [7, 11) is 1.89. The molecular formula is C14H21N5O. The molecule has 0 saturated carbocycles. The van der Waals surface area contributed by atoms with Crippen LogP contribution in [0.3, 0.4) is 0 Å². The van der Waals surface area contributed by atoms with Crippen LogP contribution < -0.4 is 5.32 Å². The van der Waals surface area contributed by atoms with Crippen LogP contribution in [0.25, 0.3) is 0 Å². The zero-order valence-corrected chi connectivity index (χ0v) is 12.5. The van der Waals surface area contributed by atoms with E-state index in [1.54, 1.807) is 10.9 Å². The predicted octanol–water partition coefficient (Wildman–Crippen LogP) is 1.25. The van der Waals surface area contributed by atoms with Crippen molar-refractivity contribution in [1.82, 2.24) is 24.9 Å². The third kappa shape index (κ3) is 3.26. The molecule has 2 rings (SSSR count). The highest BCUT2D eigenvalue weighted by atomic mass is 16.1. The summed E-state index contributed by atoms with van der Waals surface area (Å²) in [5, 5.41) is 11.4. The third-order valence-electron chi connectivity index (χ3n) is 3.47. The molecule has 108 valence electrons. The van der Waals surface area contributed by atoms with Gasteiger partial charge in [-0.25, -0.2) is 0 Å². The van der Waals surface area contributed by atoms with Crippen molar-refractivity contribution in [2.45, 2.75) is 40.3 Å². The molecule has 0 atom stereocenters. The second-order valence-corrected chi connectivity index (χ2v) is 5.06. The number of hydrogen-bond donors (Lipinski definition) is 1. The van der Waals surface area contributed by atoms with Gasteiger partial charge in [-0.15, -0.1) is 0 Å². The second kappa shape index (κ2) is 5.90. The molecule has 0 aliphatic heterocycles. The van der Waals surface area contributed by atoms with E-state index in [-0.39, 0.29) is 5.91 Å². The fourth-order valence-electron chi connectivity index (χ4n) is 2.11. The van der Waals surface area contributed by atoms with Crippen LogP contribution >= 0.6 is 0 Å². The SMILES string of the molecule is Cc1cc(C)n(CCC(=O)NCc2cnn(C)c2C)n1. The Bertz CT molecular complexity index is 603. The van der Waals surface area contributed by atoms with Gasteiger partial charge in [0.2, 0.25) is 5.91 Å². The zero-order valence-electron chi connectivity index (χ0n) is 12.5. The third-order valence-corrected chi connectivity index (χ3v) is 3.47. The smallest absolute Gasteiger partial charge is 0.222 e. The van der Waals surface area contributed by atoms with Crippen LogP contribution in [0.15, 0.2) is 12.3 Å². The first-order valence-corrected chi connectivity index (χ1v) is 6.72. The number of aromatic nitrogens is 4. The summed E-state index contributed by atoms with van der Waals surface area (Å²) in [4.78, 5) is 11.8. The fourth-order valence-corrected chi connectivity index (χ4v) is 2.11. The Morgan fingerprint density at radius 3 is 2.65 bits per heavy atom. The summed E-state index contributed by atoms with van der Waals surface area (Å²) in [5.41, 5.74) is 4.18. The molecule has 0 spiro atoms. The zero-order chi connectivity index (χ0) is 14.7. The van der Waals surface area contributed by atoms with Crippen LogP contribution in [0.5, 0.6) is 0 Å². The van der Waals surface area contributed by atoms with Gasteiger partial charge in [-0.3, -0.25) is 14.2 Å². The van der Waals surface area contributed by atoms with Crippen LogP contribution in [0, 0.1) is 20.8 Å². The Kier molecular flexibility index (Phi) is 4.22. The summed E-state index contributed by atoms with van der Waals surface area (Å²) in [6.45, 7) is 7.07. The van der Waals surface area contributed by atoms with Gasteiger partial charge in [0, 0.05) is 43.5 Å². The van der Waals surface area contributed by atoms with Crippen LogP contribution in [-0.4, -0.2) is 25.5 Å². The van der Waals surface area contributed by atoms with Crippen molar-refractivity contribution in [3.63, 3.8) is 0 Å². The minimum Gasteiger partial charge on any atom is -0.352 e. The van der Waals surface area contributed by atoms with Gasteiger partial charge >= 0.3 is 0 Å². The summed E-state index contributed by atoms with van der Waals surface area (Å²) in [6.07, 6.45) is 2.22. The van der Waals surface area contributed by atoms with Gasteiger partial charge in [0.15, 0.2) is 0 Å². The van der Waals surface area contributed by atoms with E-state index in [1.165, 1.54) is 0 Å². The van der Waals surface area contributed by atoms with Gasteiger partial charge < -0.3 is 5.32 Å². The van der Waals surface area contributed by atoms with Crippen molar-refractivity contribution < 1.29 is 4.79 Å². The van der Waals surface area contributed by atoms with Gasteiger partial charge in [-0.1, -0.05) is 0 Å². The molecule has 2 aromatic heterocycles. The number of hydrogen-bond acceptors (Lipinski definition) is 3. The molecule has 1 amide bonds. The lowest BCUT2D eigenvalue weighted by Gasteiger charge is -2.06. The van der Waals surface area contributed by atoms with E-state index in [9.17, 15) is 4.79 Å². The van der Waals surface area contributed by atoms with E-state index < -0.39 is 0 Å². The van der Waals surface area contributed by atoms with E-state index in [0.29, 0.717) is 19.5 Å². The van der Waals surface area contributed by atoms with Gasteiger partial charge in [-0.2, -0.15) is 10.2 Å². The lowest BCUT2D eigenvalue weighted by Crippen LogP contribution is -2.24. The maximum atomic E-state index is 11.8. The van der Waals surface area contributed by atoms with E-state index in [0.717, 1.165) is 22.6 Å². The number of nitrogens with one attached hydrogen (secondary N) is 1. The van der Waals surface area contributed by atoms with Crippen LogP contribution in [0.2, 0.25) is 0 Å². The Balaban J connectivity index is 1.81. The topological polar surface area (TPSA) is 64.7 Å². The van der Waals surface area contributed by atoms with E-state index in [4.69, 9.17) is 0 Å². The standard InChI is InChI=1S/C14H21N5O/c1-10-7-11(2)19(17-10)6-5-14(20)15-8-13-9-16-18(4)12(13)3/h7,9H,5-6,8H2,1-4H3,(H,15,20).